The summed E-state index contributed by atoms with van der Waals surface area (Å²) in [7, 11) is 0. The van der Waals surface area contributed by atoms with Crippen molar-refractivity contribution in [3.8, 4) is 0 Å². The smallest absolute Gasteiger partial charge is 0.123 e. The second-order valence-electron chi connectivity index (χ2n) is 2.49. The molecule has 0 nitrogen and oxygen atoms in total. The number of hydrogen-bond donors (Lipinski definition) is 0. The van der Waals surface area contributed by atoms with Crippen molar-refractivity contribution in [2.45, 2.75) is 0 Å². The fourth-order valence-corrected chi connectivity index (χ4v) is 1.16. The highest BCUT2D eigenvalue weighted by Crippen LogP contribution is 2.13. The van der Waals surface area contributed by atoms with Gasteiger partial charge in [-0.25, -0.2) is 4.39 Å². The first-order chi connectivity index (χ1) is 5.36. The third-order valence-corrected chi connectivity index (χ3v) is 1.71. The van der Waals surface area contributed by atoms with Crippen LogP contribution in [0.2, 0.25) is 0 Å². The first-order valence-electron chi connectivity index (χ1n) is 3.50. The van der Waals surface area contributed by atoms with Crippen LogP contribution in [0.5, 0.6) is 0 Å². The summed E-state index contributed by atoms with van der Waals surface area (Å²) in [6.07, 6.45) is 0. The van der Waals surface area contributed by atoms with Gasteiger partial charge in [0.2, 0.25) is 0 Å². The van der Waals surface area contributed by atoms with Crippen molar-refractivity contribution >= 4 is 10.8 Å². The summed E-state index contributed by atoms with van der Waals surface area (Å²) in [5, 5.41) is 2.03. The Balaban J connectivity index is 2.83. The van der Waals surface area contributed by atoms with E-state index in [4.69, 9.17) is 0 Å². The minimum Gasteiger partial charge on any atom is -0.207 e. The van der Waals surface area contributed by atoms with Crippen LogP contribution in [0, 0.1) is 5.82 Å². The van der Waals surface area contributed by atoms with Gasteiger partial charge in [-0.1, -0.05) is 30.3 Å². The predicted octanol–water partition coefficient (Wildman–Crippen LogP) is 2.98. The molecule has 0 aliphatic heterocycles. The highest BCUT2D eigenvalue weighted by molar-refractivity contribution is 5.82. The molecule has 0 unspecified atom stereocenters. The summed E-state index contributed by atoms with van der Waals surface area (Å²) in [4.78, 5) is 0. The maximum atomic E-state index is 12.6. The Morgan fingerprint density at radius 3 is 2.36 bits per heavy atom. The molecule has 0 heterocycles. The van der Waals surface area contributed by atoms with Crippen LogP contribution in [-0.4, -0.2) is 0 Å². The molecule has 2 aromatic carbocycles. The Bertz CT molecular complexity index is 379. The predicted molar refractivity (Wildman–Crippen MR) is 43.9 cm³/mol. The zero-order valence-electron chi connectivity index (χ0n) is 5.92. The van der Waals surface area contributed by atoms with Gasteiger partial charge in [-0.3, -0.25) is 0 Å². The third kappa shape index (κ3) is 1.09. The van der Waals surface area contributed by atoms with Crippen molar-refractivity contribution in [3.63, 3.8) is 0 Å². The normalized spacial score (nSPS) is 10.3. The van der Waals surface area contributed by atoms with Gasteiger partial charge in [-0.05, 0) is 22.9 Å². The lowest BCUT2D eigenvalue weighted by molar-refractivity contribution is 0.630. The molecular weight excluding hydrogens is 138 g/mol. The SMILES string of the molecule is [18F]c1ccc2ccccc2c1. The minimum atomic E-state index is -0.177. The fraction of sp³-hybridized carbons (Fsp3) is 0. The van der Waals surface area contributed by atoms with Crippen LogP contribution in [0.3, 0.4) is 0 Å². The molecule has 0 aliphatic carbocycles. The number of rotatable bonds is 0. The number of fused-ring (bicyclic) bond motifs is 1. The lowest BCUT2D eigenvalue weighted by Gasteiger charge is -1.94. The maximum absolute atomic E-state index is 12.6. The minimum absolute atomic E-state index is 0.177. The van der Waals surface area contributed by atoms with E-state index in [0.717, 1.165) is 10.8 Å². The Labute approximate surface area is 64.3 Å². The molecule has 0 radical (unpaired) electrons. The Morgan fingerprint density at radius 2 is 1.55 bits per heavy atom. The number of halogens is 1. The second kappa shape index (κ2) is 2.35. The average molecular weight is 145 g/mol. The van der Waals surface area contributed by atoms with Crippen LogP contribution < -0.4 is 0 Å². The zero-order valence-corrected chi connectivity index (χ0v) is 5.92. The average Bonchev–Trinajstić information content (AvgIpc) is 2.04. The quantitative estimate of drug-likeness (QED) is 0.534. The van der Waals surface area contributed by atoms with E-state index < -0.39 is 0 Å². The topological polar surface area (TPSA) is 0 Å². The molecule has 2 aromatic rings. The van der Waals surface area contributed by atoms with Gasteiger partial charge in [0.25, 0.3) is 0 Å². The van der Waals surface area contributed by atoms with E-state index in [1.165, 1.54) is 12.1 Å². The number of benzene rings is 2. The van der Waals surface area contributed by atoms with Gasteiger partial charge in [0.05, 0.1) is 0 Å². The molecule has 0 aliphatic rings. The van der Waals surface area contributed by atoms with Crippen LogP contribution in [-0.2, 0) is 0 Å². The Hall–Kier alpha value is -1.37. The third-order valence-electron chi connectivity index (χ3n) is 1.71. The molecule has 0 atom stereocenters. The molecule has 0 spiro atoms. The van der Waals surface area contributed by atoms with E-state index in [1.54, 1.807) is 6.07 Å². The molecule has 0 saturated heterocycles. The highest BCUT2D eigenvalue weighted by atomic mass is 18.2. The Kier molecular flexibility index (Phi) is 1.35. The van der Waals surface area contributed by atoms with Gasteiger partial charge in [0, 0.05) is 0 Å². The molecular formula is C10H7F. The molecule has 0 aromatic heterocycles. The molecule has 0 amide bonds. The van der Waals surface area contributed by atoms with E-state index in [9.17, 15) is 4.39 Å². The summed E-state index contributed by atoms with van der Waals surface area (Å²) in [6, 6.07) is 12.5. The van der Waals surface area contributed by atoms with Crippen molar-refractivity contribution in [2.24, 2.45) is 0 Å². The molecule has 1 heteroatoms. The molecule has 0 N–H and O–H groups in total. The van der Waals surface area contributed by atoms with E-state index in [1.807, 2.05) is 24.3 Å². The molecule has 2 rings (SSSR count). The standard InChI is InChI=1S/C10H7F/c11-10-6-5-8-3-1-2-4-9(8)7-10/h1-7H/i11-1. The van der Waals surface area contributed by atoms with Gasteiger partial charge in [0.15, 0.2) is 0 Å². The van der Waals surface area contributed by atoms with Gasteiger partial charge in [-0.15, -0.1) is 0 Å². The second-order valence-corrected chi connectivity index (χ2v) is 2.49. The summed E-state index contributed by atoms with van der Waals surface area (Å²) < 4.78 is 12.6. The Morgan fingerprint density at radius 1 is 0.818 bits per heavy atom. The van der Waals surface area contributed by atoms with Crippen LogP contribution in [0.1, 0.15) is 0 Å². The van der Waals surface area contributed by atoms with Crippen LogP contribution in [0.4, 0.5) is 4.39 Å². The van der Waals surface area contributed by atoms with E-state index in [-0.39, 0.29) is 5.82 Å². The van der Waals surface area contributed by atoms with Crippen LogP contribution in [0.25, 0.3) is 10.8 Å². The van der Waals surface area contributed by atoms with Gasteiger partial charge in [0.1, 0.15) is 5.82 Å². The summed E-state index contributed by atoms with van der Waals surface area (Å²) in [5.74, 6) is -0.177. The molecule has 54 valence electrons. The van der Waals surface area contributed by atoms with Crippen molar-refractivity contribution in [1.82, 2.24) is 0 Å². The van der Waals surface area contributed by atoms with Crippen molar-refractivity contribution in [1.29, 1.82) is 0 Å². The highest BCUT2D eigenvalue weighted by Gasteiger charge is 1.92. The van der Waals surface area contributed by atoms with Crippen molar-refractivity contribution in [3.05, 3.63) is 48.3 Å². The zero-order chi connectivity index (χ0) is 7.68. The van der Waals surface area contributed by atoms with E-state index in [0.29, 0.717) is 0 Å². The molecule has 0 bridgehead atoms. The van der Waals surface area contributed by atoms with Crippen molar-refractivity contribution < 1.29 is 4.39 Å². The molecule has 11 heavy (non-hydrogen) atoms. The van der Waals surface area contributed by atoms with Gasteiger partial charge in [-0.2, -0.15) is 0 Å². The van der Waals surface area contributed by atoms with E-state index in [2.05, 4.69) is 0 Å². The van der Waals surface area contributed by atoms with E-state index >= 15 is 0 Å². The van der Waals surface area contributed by atoms with Gasteiger partial charge >= 0.3 is 0 Å². The van der Waals surface area contributed by atoms with Crippen molar-refractivity contribution in [2.75, 3.05) is 0 Å². The summed E-state index contributed by atoms with van der Waals surface area (Å²) >= 11 is 0. The van der Waals surface area contributed by atoms with Crippen LogP contribution >= 0.6 is 0 Å². The summed E-state index contributed by atoms with van der Waals surface area (Å²) in [5.41, 5.74) is 0. The van der Waals surface area contributed by atoms with Gasteiger partial charge < -0.3 is 0 Å². The molecule has 0 saturated carbocycles. The lowest BCUT2D eigenvalue weighted by Crippen LogP contribution is -1.73. The monoisotopic (exact) mass is 145 g/mol. The van der Waals surface area contributed by atoms with Crippen LogP contribution in [0.15, 0.2) is 42.5 Å². The molecule has 0 fully saturated rings. The largest absolute Gasteiger partial charge is 0.207 e. The fourth-order valence-electron chi connectivity index (χ4n) is 1.16. The first kappa shape index (κ1) is 6.35. The maximum Gasteiger partial charge on any atom is 0.123 e. The number of hydrogen-bond acceptors (Lipinski definition) is 0. The lowest BCUT2D eigenvalue weighted by atomic mass is 10.1. The summed E-state index contributed by atoms with van der Waals surface area (Å²) in [6.45, 7) is 0. The first-order valence-corrected chi connectivity index (χ1v) is 3.50.